The van der Waals surface area contributed by atoms with Crippen LogP contribution in [0.4, 0.5) is 11.4 Å². The summed E-state index contributed by atoms with van der Waals surface area (Å²) in [5.41, 5.74) is -0.248. The zero-order valence-corrected chi connectivity index (χ0v) is 10.4. The predicted octanol–water partition coefficient (Wildman–Crippen LogP) is 2.21. The summed E-state index contributed by atoms with van der Waals surface area (Å²) in [6, 6.07) is 4.64. The third-order valence-electron chi connectivity index (χ3n) is 3.75. The molecule has 18 heavy (non-hydrogen) atoms. The summed E-state index contributed by atoms with van der Waals surface area (Å²) >= 11 is 6.04. The Labute approximate surface area is 109 Å². The zero-order valence-electron chi connectivity index (χ0n) is 9.67. The smallest absolute Gasteiger partial charge is 0.294 e. The lowest BCUT2D eigenvalue weighted by Crippen LogP contribution is -2.63. The molecular formula is C12H13ClN2O3. The molecule has 0 radical (unpaired) electrons. The van der Waals surface area contributed by atoms with E-state index in [1.165, 1.54) is 6.07 Å². The van der Waals surface area contributed by atoms with Crippen LogP contribution in [0.1, 0.15) is 12.8 Å². The standard InChI is InChI=1S/C12H13ClN2O3/c13-9-2-1-3-10(15(17)18)11(9)14-6-12(16,7-14)8-4-5-8/h1-3,8,16H,4-7H2. The third kappa shape index (κ3) is 1.74. The largest absolute Gasteiger partial charge is 0.386 e. The van der Waals surface area contributed by atoms with Gasteiger partial charge in [0.15, 0.2) is 0 Å². The minimum Gasteiger partial charge on any atom is -0.386 e. The van der Waals surface area contributed by atoms with Crippen LogP contribution in [0, 0.1) is 16.0 Å². The molecule has 96 valence electrons. The molecular weight excluding hydrogens is 256 g/mol. The monoisotopic (exact) mass is 268 g/mol. The van der Waals surface area contributed by atoms with Crippen molar-refractivity contribution in [3.05, 3.63) is 33.3 Å². The zero-order chi connectivity index (χ0) is 12.9. The van der Waals surface area contributed by atoms with E-state index in [4.69, 9.17) is 11.6 Å². The van der Waals surface area contributed by atoms with Gasteiger partial charge >= 0.3 is 0 Å². The van der Waals surface area contributed by atoms with Crippen molar-refractivity contribution in [2.75, 3.05) is 18.0 Å². The van der Waals surface area contributed by atoms with Gasteiger partial charge in [-0.3, -0.25) is 10.1 Å². The van der Waals surface area contributed by atoms with Gasteiger partial charge in [0.05, 0.1) is 9.95 Å². The molecule has 0 unspecified atom stereocenters. The number of β-amino-alcohol motifs (C(OH)–C–C–N with tert-alkyl or cyclic N) is 1. The Morgan fingerprint density at radius 3 is 2.67 bits per heavy atom. The molecule has 6 heteroatoms. The lowest BCUT2D eigenvalue weighted by Gasteiger charge is -2.48. The molecule has 2 aliphatic rings. The number of halogens is 1. The molecule has 3 rings (SSSR count). The third-order valence-corrected chi connectivity index (χ3v) is 4.05. The number of benzene rings is 1. The van der Waals surface area contributed by atoms with Crippen molar-refractivity contribution in [1.29, 1.82) is 0 Å². The molecule has 1 heterocycles. The molecule has 2 fully saturated rings. The van der Waals surface area contributed by atoms with Gasteiger partial charge in [-0.25, -0.2) is 0 Å². The predicted molar refractivity (Wildman–Crippen MR) is 68.0 cm³/mol. The summed E-state index contributed by atoms with van der Waals surface area (Å²) in [6.07, 6.45) is 2.10. The highest BCUT2D eigenvalue weighted by Gasteiger charge is 2.53. The molecule has 0 atom stereocenters. The van der Waals surface area contributed by atoms with Gasteiger partial charge in [-0.2, -0.15) is 0 Å². The second kappa shape index (κ2) is 3.83. The van der Waals surface area contributed by atoms with Crippen LogP contribution in [-0.4, -0.2) is 28.7 Å². The molecule has 1 aliphatic carbocycles. The van der Waals surface area contributed by atoms with Crippen molar-refractivity contribution in [2.24, 2.45) is 5.92 Å². The lowest BCUT2D eigenvalue weighted by atomic mass is 9.88. The number of nitrogens with zero attached hydrogens (tertiary/aromatic N) is 2. The topological polar surface area (TPSA) is 66.6 Å². The Hall–Kier alpha value is -1.33. The highest BCUT2D eigenvalue weighted by molar-refractivity contribution is 6.33. The summed E-state index contributed by atoms with van der Waals surface area (Å²) in [7, 11) is 0. The summed E-state index contributed by atoms with van der Waals surface area (Å²) in [6.45, 7) is 0.866. The number of rotatable bonds is 3. The van der Waals surface area contributed by atoms with E-state index in [1.54, 1.807) is 17.0 Å². The molecule has 0 spiro atoms. The number of para-hydroxylation sites is 1. The summed E-state index contributed by atoms with van der Waals surface area (Å²) in [5.74, 6) is 0.357. The molecule has 1 saturated heterocycles. The Kier molecular flexibility index (Phi) is 2.50. The lowest BCUT2D eigenvalue weighted by molar-refractivity contribution is -0.384. The second-order valence-electron chi connectivity index (χ2n) is 5.10. The quantitative estimate of drug-likeness (QED) is 0.674. The Bertz CT molecular complexity index is 510. The van der Waals surface area contributed by atoms with E-state index >= 15 is 0 Å². The Morgan fingerprint density at radius 1 is 1.44 bits per heavy atom. The maximum atomic E-state index is 11.0. The normalized spacial score (nSPS) is 21.6. The van der Waals surface area contributed by atoms with E-state index in [2.05, 4.69) is 0 Å². The summed E-state index contributed by atoms with van der Waals surface area (Å²) in [5, 5.41) is 21.6. The van der Waals surface area contributed by atoms with Crippen molar-refractivity contribution in [1.82, 2.24) is 0 Å². The molecule has 0 bridgehead atoms. The van der Waals surface area contributed by atoms with E-state index in [-0.39, 0.29) is 5.69 Å². The fraction of sp³-hybridized carbons (Fsp3) is 0.500. The Morgan fingerprint density at radius 2 is 2.11 bits per heavy atom. The molecule has 5 nitrogen and oxygen atoms in total. The SMILES string of the molecule is O=[N+]([O-])c1cccc(Cl)c1N1CC(O)(C2CC2)C1. The van der Waals surface area contributed by atoms with Gasteiger partial charge in [0.2, 0.25) is 0 Å². The maximum absolute atomic E-state index is 11.0. The number of nitro benzene ring substituents is 1. The minimum atomic E-state index is -0.674. The van der Waals surface area contributed by atoms with Gasteiger partial charge in [0.1, 0.15) is 11.3 Å². The van der Waals surface area contributed by atoms with E-state index < -0.39 is 10.5 Å². The van der Waals surface area contributed by atoms with Crippen LogP contribution in [-0.2, 0) is 0 Å². The molecule has 1 saturated carbocycles. The van der Waals surface area contributed by atoms with Crippen LogP contribution in [0.25, 0.3) is 0 Å². The first-order chi connectivity index (χ1) is 8.51. The van der Waals surface area contributed by atoms with Crippen LogP contribution in [0.15, 0.2) is 18.2 Å². The first kappa shape index (κ1) is 11.7. The van der Waals surface area contributed by atoms with Gasteiger partial charge in [-0.15, -0.1) is 0 Å². The number of aliphatic hydroxyl groups is 1. The number of hydrogen-bond donors (Lipinski definition) is 1. The van der Waals surface area contributed by atoms with Crippen molar-refractivity contribution >= 4 is 23.0 Å². The first-order valence-electron chi connectivity index (χ1n) is 5.91. The van der Waals surface area contributed by atoms with Crippen LogP contribution >= 0.6 is 11.6 Å². The van der Waals surface area contributed by atoms with Crippen LogP contribution in [0.3, 0.4) is 0 Å². The maximum Gasteiger partial charge on any atom is 0.294 e. The summed E-state index contributed by atoms with van der Waals surface area (Å²) in [4.78, 5) is 12.3. The highest BCUT2D eigenvalue weighted by Crippen LogP contribution is 2.48. The number of anilines is 1. The van der Waals surface area contributed by atoms with Gasteiger partial charge < -0.3 is 10.0 Å². The van der Waals surface area contributed by atoms with E-state index in [9.17, 15) is 15.2 Å². The van der Waals surface area contributed by atoms with E-state index in [1.807, 2.05) is 0 Å². The van der Waals surface area contributed by atoms with Crippen molar-refractivity contribution < 1.29 is 10.0 Å². The minimum absolute atomic E-state index is 0.000321. The number of nitro groups is 1. The molecule has 1 aliphatic heterocycles. The van der Waals surface area contributed by atoms with Crippen LogP contribution < -0.4 is 4.90 Å². The average molecular weight is 269 g/mol. The summed E-state index contributed by atoms with van der Waals surface area (Å²) < 4.78 is 0. The Balaban J connectivity index is 1.87. The average Bonchev–Trinajstić information content (AvgIpc) is 3.08. The van der Waals surface area contributed by atoms with Gasteiger partial charge in [0, 0.05) is 19.2 Å². The van der Waals surface area contributed by atoms with Crippen LogP contribution in [0.2, 0.25) is 5.02 Å². The molecule has 0 aromatic heterocycles. The van der Waals surface area contributed by atoms with E-state index in [0.29, 0.717) is 29.7 Å². The van der Waals surface area contributed by atoms with E-state index in [0.717, 1.165) is 12.8 Å². The van der Waals surface area contributed by atoms with Gasteiger partial charge in [-0.05, 0) is 24.8 Å². The van der Waals surface area contributed by atoms with Gasteiger partial charge in [-0.1, -0.05) is 17.7 Å². The number of hydrogen-bond acceptors (Lipinski definition) is 4. The molecule has 1 N–H and O–H groups in total. The van der Waals surface area contributed by atoms with Crippen molar-refractivity contribution in [3.63, 3.8) is 0 Å². The highest BCUT2D eigenvalue weighted by atomic mass is 35.5. The molecule has 1 aromatic carbocycles. The fourth-order valence-electron chi connectivity index (χ4n) is 2.62. The first-order valence-corrected chi connectivity index (χ1v) is 6.29. The second-order valence-corrected chi connectivity index (χ2v) is 5.51. The van der Waals surface area contributed by atoms with Gasteiger partial charge in [0.25, 0.3) is 5.69 Å². The van der Waals surface area contributed by atoms with Crippen molar-refractivity contribution in [3.8, 4) is 0 Å². The fourth-order valence-corrected chi connectivity index (χ4v) is 2.91. The van der Waals surface area contributed by atoms with Crippen molar-refractivity contribution in [2.45, 2.75) is 18.4 Å². The molecule has 0 amide bonds. The molecule has 1 aromatic rings. The van der Waals surface area contributed by atoms with Crippen LogP contribution in [0.5, 0.6) is 0 Å².